The molecule has 0 aliphatic carbocycles. The van der Waals surface area contributed by atoms with E-state index in [-0.39, 0.29) is 17.1 Å². The molecule has 106 valence electrons. The predicted octanol–water partition coefficient (Wildman–Crippen LogP) is 2.38. The molecular weight excluding hydrogens is 286 g/mol. The van der Waals surface area contributed by atoms with Gasteiger partial charge in [-0.3, -0.25) is 35.1 Å². The fourth-order valence-corrected chi connectivity index (χ4v) is 1.94. The van der Waals surface area contributed by atoms with Crippen molar-refractivity contribution >= 4 is 34.1 Å². The van der Waals surface area contributed by atoms with Crippen molar-refractivity contribution in [3.63, 3.8) is 0 Å². The molecule has 0 spiro atoms. The van der Waals surface area contributed by atoms with Gasteiger partial charge in [-0.05, 0) is 6.07 Å². The van der Waals surface area contributed by atoms with Crippen LogP contribution in [-0.2, 0) is 0 Å². The summed E-state index contributed by atoms with van der Waals surface area (Å²) in [7, 11) is 0. The third-order valence-electron chi connectivity index (χ3n) is 2.83. The number of carbonyl (C=O) groups excluding carboxylic acids is 1. The van der Waals surface area contributed by atoms with Crippen LogP contribution in [0.25, 0.3) is 10.8 Å². The Balaban J connectivity index is 3.01. The van der Waals surface area contributed by atoms with E-state index in [2.05, 4.69) is 0 Å². The standard InChI is InChI=1S/C11H5N3O7/c15-5-6-3-7-8(4-11(6)14(20)21)10(13(18)19)2-1-9(7)12(16)17/h1-5H. The highest BCUT2D eigenvalue weighted by Gasteiger charge is 2.25. The Labute approximate surface area is 115 Å². The summed E-state index contributed by atoms with van der Waals surface area (Å²) in [5, 5.41) is 32.2. The lowest BCUT2D eigenvalue weighted by Crippen LogP contribution is -1.99. The average Bonchev–Trinajstić information content (AvgIpc) is 2.43. The Kier molecular flexibility index (Phi) is 3.28. The maximum atomic E-state index is 10.9. The van der Waals surface area contributed by atoms with Crippen LogP contribution in [0.1, 0.15) is 10.4 Å². The molecule has 0 aliphatic rings. The third kappa shape index (κ3) is 2.25. The Morgan fingerprint density at radius 3 is 1.57 bits per heavy atom. The second-order valence-electron chi connectivity index (χ2n) is 3.95. The van der Waals surface area contributed by atoms with Gasteiger partial charge in [0, 0.05) is 18.2 Å². The van der Waals surface area contributed by atoms with Gasteiger partial charge in [0.1, 0.15) is 0 Å². The van der Waals surface area contributed by atoms with Crippen LogP contribution < -0.4 is 0 Å². The number of aldehydes is 1. The van der Waals surface area contributed by atoms with Crippen molar-refractivity contribution in [1.29, 1.82) is 0 Å². The summed E-state index contributed by atoms with van der Waals surface area (Å²) in [4.78, 5) is 41.1. The molecule has 0 fully saturated rings. The second-order valence-corrected chi connectivity index (χ2v) is 3.95. The van der Waals surface area contributed by atoms with Crippen LogP contribution in [0, 0.1) is 30.3 Å². The number of hydrogen-bond acceptors (Lipinski definition) is 7. The molecular formula is C11H5N3O7. The molecule has 0 aliphatic heterocycles. The van der Waals surface area contributed by atoms with Crippen LogP contribution in [0.15, 0.2) is 24.3 Å². The van der Waals surface area contributed by atoms with Gasteiger partial charge in [0.25, 0.3) is 17.1 Å². The first-order chi connectivity index (χ1) is 9.86. The first kappa shape index (κ1) is 14.0. The van der Waals surface area contributed by atoms with Gasteiger partial charge >= 0.3 is 0 Å². The van der Waals surface area contributed by atoms with Gasteiger partial charge in [0.2, 0.25) is 0 Å². The summed E-state index contributed by atoms with van der Waals surface area (Å²) in [6.45, 7) is 0. The zero-order valence-electron chi connectivity index (χ0n) is 10.1. The molecule has 0 heterocycles. The number of nitro benzene ring substituents is 3. The van der Waals surface area contributed by atoms with Gasteiger partial charge in [0.15, 0.2) is 6.29 Å². The van der Waals surface area contributed by atoms with Crippen molar-refractivity contribution in [1.82, 2.24) is 0 Å². The normalized spacial score (nSPS) is 10.3. The van der Waals surface area contributed by atoms with Crippen molar-refractivity contribution in [3.05, 3.63) is 60.2 Å². The highest BCUT2D eigenvalue weighted by atomic mass is 16.6. The van der Waals surface area contributed by atoms with E-state index in [1.54, 1.807) is 0 Å². The Morgan fingerprint density at radius 2 is 1.19 bits per heavy atom. The topological polar surface area (TPSA) is 146 Å². The quantitative estimate of drug-likeness (QED) is 0.477. The van der Waals surface area contributed by atoms with Gasteiger partial charge in [-0.15, -0.1) is 0 Å². The summed E-state index contributed by atoms with van der Waals surface area (Å²) in [5.41, 5.74) is -2.04. The number of nitro groups is 3. The largest absolute Gasteiger partial charge is 0.298 e. The minimum Gasteiger partial charge on any atom is -0.298 e. The molecule has 2 rings (SSSR count). The Hall–Kier alpha value is -3.43. The van der Waals surface area contributed by atoms with Crippen LogP contribution in [0.3, 0.4) is 0 Å². The third-order valence-corrected chi connectivity index (χ3v) is 2.83. The van der Waals surface area contributed by atoms with E-state index in [1.165, 1.54) is 0 Å². The number of non-ortho nitro benzene ring substituents is 2. The van der Waals surface area contributed by atoms with Crippen molar-refractivity contribution in [2.75, 3.05) is 0 Å². The smallest absolute Gasteiger partial charge is 0.280 e. The van der Waals surface area contributed by atoms with E-state index in [9.17, 15) is 35.1 Å². The molecule has 0 radical (unpaired) electrons. The summed E-state index contributed by atoms with van der Waals surface area (Å²) < 4.78 is 0. The molecule has 21 heavy (non-hydrogen) atoms. The molecule has 0 amide bonds. The number of nitrogens with zero attached hydrogens (tertiary/aromatic N) is 3. The van der Waals surface area contributed by atoms with E-state index in [1.807, 2.05) is 0 Å². The van der Waals surface area contributed by atoms with E-state index in [0.717, 1.165) is 24.3 Å². The van der Waals surface area contributed by atoms with Crippen LogP contribution in [0.5, 0.6) is 0 Å². The van der Waals surface area contributed by atoms with Gasteiger partial charge in [0.05, 0.1) is 31.1 Å². The lowest BCUT2D eigenvalue weighted by atomic mass is 10.0. The fraction of sp³-hybridized carbons (Fsp3) is 0. The SMILES string of the molecule is O=Cc1cc2c([N+](=O)[O-])ccc([N+](=O)[O-])c2cc1[N+](=O)[O-]. The molecule has 0 N–H and O–H groups in total. The van der Waals surface area contributed by atoms with Gasteiger partial charge < -0.3 is 0 Å². The monoisotopic (exact) mass is 291 g/mol. The fourth-order valence-electron chi connectivity index (χ4n) is 1.94. The lowest BCUT2D eigenvalue weighted by Gasteiger charge is -2.03. The zero-order valence-corrected chi connectivity index (χ0v) is 10.1. The average molecular weight is 291 g/mol. The van der Waals surface area contributed by atoms with Crippen LogP contribution >= 0.6 is 0 Å². The highest BCUT2D eigenvalue weighted by molar-refractivity contribution is 6.02. The molecule has 0 saturated carbocycles. The van der Waals surface area contributed by atoms with Gasteiger partial charge in [-0.25, -0.2) is 0 Å². The Bertz CT molecular complexity index is 815. The van der Waals surface area contributed by atoms with Gasteiger partial charge in [-0.2, -0.15) is 0 Å². The minimum atomic E-state index is -0.883. The lowest BCUT2D eigenvalue weighted by molar-refractivity contribution is -0.387. The molecule has 0 unspecified atom stereocenters. The van der Waals surface area contributed by atoms with Crippen LogP contribution in [0.4, 0.5) is 17.1 Å². The first-order valence-electron chi connectivity index (χ1n) is 5.36. The summed E-state index contributed by atoms with van der Waals surface area (Å²) in [6, 6.07) is 3.52. The molecule has 2 aromatic carbocycles. The van der Waals surface area contributed by atoms with Crippen LogP contribution in [0.2, 0.25) is 0 Å². The molecule has 10 heteroatoms. The highest BCUT2D eigenvalue weighted by Crippen LogP contribution is 2.36. The Morgan fingerprint density at radius 1 is 0.762 bits per heavy atom. The van der Waals surface area contributed by atoms with E-state index in [4.69, 9.17) is 0 Å². The summed E-state index contributed by atoms with van der Waals surface area (Å²) >= 11 is 0. The maximum absolute atomic E-state index is 10.9. The maximum Gasteiger partial charge on any atom is 0.280 e. The van der Waals surface area contributed by atoms with Crippen molar-refractivity contribution in [2.24, 2.45) is 0 Å². The number of carbonyl (C=O) groups is 1. The van der Waals surface area contributed by atoms with E-state index < -0.39 is 37.4 Å². The second kappa shape index (κ2) is 4.92. The number of fused-ring (bicyclic) bond motifs is 1. The molecule has 0 bridgehead atoms. The predicted molar refractivity (Wildman–Crippen MR) is 69.3 cm³/mol. The van der Waals surface area contributed by atoms with Crippen molar-refractivity contribution < 1.29 is 19.6 Å². The molecule has 0 saturated heterocycles. The number of rotatable bonds is 4. The van der Waals surface area contributed by atoms with Crippen LogP contribution in [-0.4, -0.2) is 21.1 Å². The summed E-state index contributed by atoms with van der Waals surface area (Å²) in [5.74, 6) is 0. The molecule has 0 atom stereocenters. The molecule has 2 aromatic rings. The van der Waals surface area contributed by atoms with Crippen molar-refractivity contribution in [2.45, 2.75) is 0 Å². The minimum absolute atomic E-state index is 0.167. The molecule has 0 aromatic heterocycles. The summed E-state index contributed by atoms with van der Waals surface area (Å²) in [6.07, 6.45) is 0.167. The van der Waals surface area contributed by atoms with Gasteiger partial charge in [-0.1, -0.05) is 0 Å². The van der Waals surface area contributed by atoms with E-state index in [0.29, 0.717) is 0 Å². The zero-order chi connectivity index (χ0) is 15.7. The first-order valence-corrected chi connectivity index (χ1v) is 5.36. The van der Waals surface area contributed by atoms with E-state index >= 15 is 0 Å². The molecule has 10 nitrogen and oxygen atoms in total. The number of benzene rings is 2. The number of hydrogen-bond donors (Lipinski definition) is 0. The van der Waals surface area contributed by atoms with Crippen molar-refractivity contribution in [3.8, 4) is 0 Å².